The van der Waals surface area contributed by atoms with E-state index in [0.29, 0.717) is 19.8 Å². The molecule has 0 aliphatic carbocycles. The average molecular weight is 349 g/mol. The van der Waals surface area contributed by atoms with Crippen LogP contribution in [0.15, 0.2) is 12.1 Å². The van der Waals surface area contributed by atoms with E-state index in [0.717, 1.165) is 31.0 Å². The van der Waals surface area contributed by atoms with E-state index in [1.165, 1.54) is 18.2 Å². The van der Waals surface area contributed by atoms with E-state index < -0.39 is 6.03 Å². The van der Waals surface area contributed by atoms with E-state index in [1.54, 1.807) is 0 Å². The van der Waals surface area contributed by atoms with Gasteiger partial charge in [-0.3, -0.25) is 15.0 Å². The SMILES string of the molecule is CCOc1cc2c(cc1OCC)CN(CCC(=O)NC(=O)NC)CC2. The Morgan fingerprint density at radius 1 is 1.12 bits per heavy atom. The van der Waals surface area contributed by atoms with E-state index in [-0.39, 0.29) is 12.3 Å². The van der Waals surface area contributed by atoms with Gasteiger partial charge in [0.2, 0.25) is 5.91 Å². The normalized spacial score (nSPS) is 13.7. The monoisotopic (exact) mass is 349 g/mol. The highest BCUT2D eigenvalue weighted by molar-refractivity contribution is 5.94. The predicted molar refractivity (Wildman–Crippen MR) is 95.0 cm³/mol. The van der Waals surface area contributed by atoms with Crippen molar-refractivity contribution >= 4 is 11.9 Å². The third kappa shape index (κ3) is 5.35. The van der Waals surface area contributed by atoms with Crippen LogP contribution in [0.3, 0.4) is 0 Å². The standard InChI is InChI=1S/C18H27N3O4/c1-4-24-15-10-13-6-8-21(9-7-17(22)20-18(23)19-3)12-14(13)11-16(15)25-5-2/h10-11H,4-9,12H2,1-3H3,(H2,19,20,22,23). The van der Waals surface area contributed by atoms with Crippen LogP contribution in [0, 0.1) is 0 Å². The van der Waals surface area contributed by atoms with E-state index in [2.05, 4.69) is 21.6 Å². The number of carbonyl (C=O) groups is 2. The molecular weight excluding hydrogens is 322 g/mol. The lowest BCUT2D eigenvalue weighted by Gasteiger charge is -2.29. The third-order valence-corrected chi connectivity index (χ3v) is 4.09. The highest BCUT2D eigenvalue weighted by Gasteiger charge is 2.20. The summed E-state index contributed by atoms with van der Waals surface area (Å²) < 4.78 is 11.4. The molecule has 0 bridgehead atoms. The first-order chi connectivity index (χ1) is 12.1. The Kier molecular flexibility index (Phi) is 7.06. The zero-order valence-electron chi connectivity index (χ0n) is 15.2. The Balaban J connectivity index is 1.98. The molecule has 0 saturated carbocycles. The van der Waals surface area contributed by atoms with Gasteiger partial charge in [0.1, 0.15) is 0 Å². The van der Waals surface area contributed by atoms with Crippen molar-refractivity contribution in [2.75, 3.05) is 33.4 Å². The smallest absolute Gasteiger partial charge is 0.321 e. The number of hydrogen-bond donors (Lipinski definition) is 2. The number of fused-ring (bicyclic) bond motifs is 1. The molecule has 7 nitrogen and oxygen atoms in total. The quantitative estimate of drug-likeness (QED) is 0.783. The first kappa shape index (κ1) is 19.1. The van der Waals surface area contributed by atoms with Gasteiger partial charge < -0.3 is 14.8 Å². The molecule has 3 amide bonds. The third-order valence-electron chi connectivity index (χ3n) is 4.09. The Morgan fingerprint density at radius 2 is 1.76 bits per heavy atom. The summed E-state index contributed by atoms with van der Waals surface area (Å²) >= 11 is 0. The van der Waals surface area contributed by atoms with Crippen LogP contribution in [0.2, 0.25) is 0 Å². The highest BCUT2D eigenvalue weighted by atomic mass is 16.5. The van der Waals surface area contributed by atoms with Gasteiger partial charge >= 0.3 is 6.03 Å². The lowest BCUT2D eigenvalue weighted by molar-refractivity contribution is -0.120. The van der Waals surface area contributed by atoms with Gasteiger partial charge in [0.15, 0.2) is 11.5 Å². The number of ether oxygens (including phenoxy) is 2. The number of urea groups is 1. The number of hydrogen-bond acceptors (Lipinski definition) is 5. The molecule has 2 N–H and O–H groups in total. The van der Waals surface area contributed by atoms with E-state index >= 15 is 0 Å². The van der Waals surface area contributed by atoms with Gasteiger partial charge in [-0.1, -0.05) is 0 Å². The van der Waals surface area contributed by atoms with E-state index in [4.69, 9.17) is 9.47 Å². The maximum Gasteiger partial charge on any atom is 0.321 e. The van der Waals surface area contributed by atoms with Crippen molar-refractivity contribution in [2.45, 2.75) is 33.2 Å². The first-order valence-electron chi connectivity index (χ1n) is 8.72. The Bertz CT molecular complexity index is 619. The van der Waals surface area contributed by atoms with Crippen LogP contribution in [0.5, 0.6) is 11.5 Å². The van der Waals surface area contributed by atoms with Crippen LogP contribution in [0.1, 0.15) is 31.4 Å². The summed E-state index contributed by atoms with van der Waals surface area (Å²) in [7, 11) is 1.48. The molecule has 0 unspecified atom stereocenters. The van der Waals surface area contributed by atoms with Crippen molar-refractivity contribution in [3.8, 4) is 11.5 Å². The fraction of sp³-hybridized carbons (Fsp3) is 0.556. The van der Waals surface area contributed by atoms with Gasteiger partial charge in [-0.15, -0.1) is 0 Å². The molecule has 25 heavy (non-hydrogen) atoms. The van der Waals surface area contributed by atoms with Gasteiger partial charge in [-0.2, -0.15) is 0 Å². The summed E-state index contributed by atoms with van der Waals surface area (Å²) in [5.74, 6) is 1.29. The molecule has 1 aliphatic rings. The fourth-order valence-electron chi connectivity index (χ4n) is 2.86. The molecule has 2 rings (SSSR count). The molecule has 1 aliphatic heterocycles. The minimum absolute atomic E-state index is 0.271. The van der Waals surface area contributed by atoms with Crippen molar-refractivity contribution in [3.05, 3.63) is 23.3 Å². The zero-order valence-corrected chi connectivity index (χ0v) is 15.2. The summed E-state index contributed by atoms with van der Waals surface area (Å²) in [6.07, 6.45) is 1.19. The van der Waals surface area contributed by atoms with Crippen LogP contribution in [-0.2, 0) is 17.8 Å². The summed E-state index contributed by atoms with van der Waals surface area (Å²) in [6.45, 7) is 7.34. The summed E-state index contributed by atoms with van der Waals surface area (Å²) in [6, 6.07) is 3.64. The number of carbonyl (C=O) groups excluding carboxylic acids is 2. The summed E-state index contributed by atoms with van der Waals surface area (Å²) in [4.78, 5) is 25.1. The molecular formula is C18H27N3O4. The molecule has 1 aromatic carbocycles. The van der Waals surface area contributed by atoms with Gasteiger partial charge in [-0.05, 0) is 43.5 Å². The molecule has 1 aromatic rings. The molecule has 7 heteroatoms. The second kappa shape index (κ2) is 9.27. The molecule has 0 aromatic heterocycles. The molecule has 1 heterocycles. The minimum Gasteiger partial charge on any atom is -0.490 e. The highest BCUT2D eigenvalue weighted by Crippen LogP contribution is 2.33. The lowest BCUT2D eigenvalue weighted by Crippen LogP contribution is -2.40. The Morgan fingerprint density at radius 3 is 2.36 bits per heavy atom. The van der Waals surface area contributed by atoms with Crippen LogP contribution in [-0.4, -0.2) is 50.2 Å². The first-order valence-corrected chi connectivity index (χ1v) is 8.72. The van der Waals surface area contributed by atoms with Crippen molar-refractivity contribution < 1.29 is 19.1 Å². The maximum absolute atomic E-state index is 11.7. The van der Waals surface area contributed by atoms with Crippen molar-refractivity contribution in [1.29, 1.82) is 0 Å². The number of rotatable bonds is 7. The van der Waals surface area contributed by atoms with Gasteiger partial charge in [0, 0.05) is 33.1 Å². The van der Waals surface area contributed by atoms with Crippen molar-refractivity contribution in [2.24, 2.45) is 0 Å². The summed E-state index contributed by atoms with van der Waals surface area (Å²) in [5, 5.41) is 4.65. The molecule has 0 fully saturated rings. The van der Waals surface area contributed by atoms with E-state index in [9.17, 15) is 9.59 Å². The fourth-order valence-corrected chi connectivity index (χ4v) is 2.86. The lowest BCUT2D eigenvalue weighted by atomic mass is 9.98. The molecule has 0 saturated heterocycles. The topological polar surface area (TPSA) is 79.9 Å². The Labute approximate surface area is 148 Å². The van der Waals surface area contributed by atoms with Crippen molar-refractivity contribution in [1.82, 2.24) is 15.5 Å². The van der Waals surface area contributed by atoms with Gasteiger partial charge in [0.25, 0.3) is 0 Å². The largest absolute Gasteiger partial charge is 0.490 e. The minimum atomic E-state index is -0.473. The second-order valence-electron chi connectivity index (χ2n) is 5.84. The van der Waals surface area contributed by atoms with Crippen LogP contribution in [0.25, 0.3) is 0 Å². The van der Waals surface area contributed by atoms with Crippen molar-refractivity contribution in [3.63, 3.8) is 0 Å². The van der Waals surface area contributed by atoms with E-state index in [1.807, 2.05) is 19.9 Å². The van der Waals surface area contributed by atoms with Gasteiger partial charge in [-0.25, -0.2) is 4.79 Å². The number of nitrogens with zero attached hydrogens (tertiary/aromatic N) is 1. The number of amides is 3. The number of benzene rings is 1. The predicted octanol–water partition coefficient (Wildman–Crippen LogP) is 1.69. The van der Waals surface area contributed by atoms with Crippen LogP contribution in [0.4, 0.5) is 4.79 Å². The molecule has 0 atom stereocenters. The number of imide groups is 1. The summed E-state index contributed by atoms with van der Waals surface area (Å²) in [5.41, 5.74) is 2.46. The zero-order chi connectivity index (χ0) is 18.2. The van der Waals surface area contributed by atoms with Gasteiger partial charge in [0.05, 0.1) is 13.2 Å². The molecule has 0 radical (unpaired) electrons. The maximum atomic E-state index is 11.7. The van der Waals surface area contributed by atoms with Crippen LogP contribution >= 0.6 is 0 Å². The second-order valence-corrected chi connectivity index (χ2v) is 5.84. The molecule has 138 valence electrons. The van der Waals surface area contributed by atoms with Crippen LogP contribution < -0.4 is 20.1 Å². The molecule has 0 spiro atoms. The number of nitrogens with one attached hydrogen (secondary N) is 2. The average Bonchev–Trinajstić information content (AvgIpc) is 2.60. The Hall–Kier alpha value is -2.28.